The number of urea groups is 1. The molecule has 3 atom stereocenters. The van der Waals surface area contributed by atoms with E-state index in [9.17, 15) is 24.3 Å². The first-order chi connectivity index (χ1) is 13.6. The second-order valence-corrected chi connectivity index (χ2v) is 7.18. The molecule has 12 nitrogen and oxygen atoms in total. The lowest BCUT2D eigenvalue weighted by Crippen LogP contribution is -2.51. The second kappa shape index (κ2) is 11.9. The van der Waals surface area contributed by atoms with Crippen LogP contribution in [-0.4, -0.2) is 66.3 Å². The summed E-state index contributed by atoms with van der Waals surface area (Å²) in [5, 5.41) is 39.0. The van der Waals surface area contributed by atoms with E-state index < -0.39 is 42.4 Å². The standard InChI is InChI=1S/C16H25N5O7S/c1-9(29)12-8-21(20-19-12)7-3-2-4-10(14(24)25)17-16(28)18-11(15(26)27)5-6-13(22)23/h8-11,29H,2-7H2,1H3,(H,22,23)(H,24,25)(H,26,27)(H2,17,18,28)/t9?,10-,11+/m0/s1. The van der Waals surface area contributed by atoms with Gasteiger partial charge in [-0.05, 0) is 32.6 Å². The number of nitrogens with one attached hydrogen (secondary N) is 2. The summed E-state index contributed by atoms with van der Waals surface area (Å²) in [6, 6.07) is -3.64. The highest BCUT2D eigenvalue weighted by atomic mass is 32.1. The topological polar surface area (TPSA) is 184 Å². The van der Waals surface area contributed by atoms with E-state index in [0.29, 0.717) is 19.4 Å². The average Bonchev–Trinajstić information content (AvgIpc) is 3.09. The van der Waals surface area contributed by atoms with Gasteiger partial charge in [-0.25, -0.2) is 14.4 Å². The number of aromatic nitrogens is 3. The lowest BCUT2D eigenvalue weighted by Gasteiger charge is -2.18. The Balaban J connectivity index is 2.46. The van der Waals surface area contributed by atoms with Gasteiger partial charge in [0.05, 0.1) is 5.69 Å². The molecule has 1 aromatic heterocycles. The molecule has 162 valence electrons. The zero-order chi connectivity index (χ0) is 22.0. The van der Waals surface area contributed by atoms with Crippen molar-refractivity contribution in [2.75, 3.05) is 0 Å². The summed E-state index contributed by atoms with van der Waals surface area (Å²) in [7, 11) is 0. The summed E-state index contributed by atoms with van der Waals surface area (Å²) in [5.74, 6) is -3.87. The van der Waals surface area contributed by atoms with Gasteiger partial charge in [0.25, 0.3) is 0 Å². The van der Waals surface area contributed by atoms with Crippen LogP contribution in [0, 0.1) is 0 Å². The van der Waals surface area contributed by atoms with Crippen molar-refractivity contribution in [3.63, 3.8) is 0 Å². The molecule has 0 bridgehead atoms. The Morgan fingerprint density at radius 3 is 2.14 bits per heavy atom. The largest absolute Gasteiger partial charge is 0.481 e. The number of aryl methyl sites for hydroxylation is 1. The maximum atomic E-state index is 11.9. The third kappa shape index (κ3) is 9.27. The number of rotatable bonds is 13. The minimum Gasteiger partial charge on any atom is -0.481 e. The van der Waals surface area contributed by atoms with Gasteiger partial charge in [-0.15, -0.1) is 5.10 Å². The Morgan fingerprint density at radius 1 is 1.07 bits per heavy atom. The quantitative estimate of drug-likeness (QED) is 0.191. The highest BCUT2D eigenvalue weighted by Gasteiger charge is 2.24. The number of hydrogen-bond acceptors (Lipinski definition) is 7. The molecule has 0 aliphatic rings. The van der Waals surface area contributed by atoms with Crippen LogP contribution in [0.25, 0.3) is 0 Å². The Bertz CT molecular complexity index is 724. The first-order valence-electron chi connectivity index (χ1n) is 8.92. The van der Waals surface area contributed by atoms with Gasteiger partial charge in [0.1, 0.15) is 12.1 Å². The van der Waals surface area contributed by atoms with E-state index in [0.717, 1.165) is 5.69 Å². The molecule has 0 aliphatic heterocycles. The smallest absolute Gasteiger partial charge is 0.326 e. The molecule has 0 aliphatic carbocycles. The number of nitrogens with zero attached hydrogens (tertiary/aromatic N) is 3. The minimum absolute atomic E-state index is 0.0482. The van der Waals surface area contributed by atoms with E-state index in [1.54, 1.807) is 10.9 Å². The Morgan fingerprint density at radius 2 is 1.66 bits per heavy atom. The minimum atomic E-state index is -1.43. The van der Waals surface area contributed by atoms with Crippen molar-refractivity contribution >= 4 is 36.6 Å². The zero-order valence-electron chi connectivity index (χ0n) is 15.8. The van der Waals surface area contributed by atoms with Crippen molar-refractivity contribution < 1.29 is 34.5 Å². The number of carboxylic acids is 3. The molecule has 0 radical (unpaired) electrons. The summed E-state index contributed by atoms with van der Waals surface area (Å²) in [5.41, 5.74) is 0.728. The van der Waals surface area contributed by atoms with Gasteiger partial charge < -0.3 is 26.0 Å². The van der Waals surface area contributed by atoms with Crippen molar-refractivity contribution in [2.24, 2.45) is 0 Å². The number of carbonyl (C=O) groups is 4. The molecule has 5 N–H and O–H groups in total. The molecule has 0 spiro atoms. The molecule has 1 unspecified atom stereocenters. The highest BCUT2D eigenvalue weighted by Crippen LogP contribution is 2.15. The predicted molar refractivity (Wildman–Crippen MR) is 103 cm³/mol. The first-order valence-corrected chi connectivity index (χ1v) is 9.44. The maximum absolute atomic E-state index is 11.9. The molecule has 0 saturated heterocycles. The molecule has 0 aromatic carbocycles. The second-order valence-electron chi connectivity index (χ2n) is 6.41. The molecule has 13 heteroatoms. The number of unbranched alkanes of at least 4 members (excludes halogenated alkanes) is 1. The van der Waals surface area contributed by atoms with Crippen LogP contribution in [0.3, 0.4) is 0 Å². The molecule has 29 heavy (non-hydrogen) atoms. The van der Waals surface area contributed by atoms with Crippen LogP contribution in [0.1, 0.15) is 50.0 Å². The molecule has 2 amide bonds. The molecule has 1 rings (SSSR count). The molecule has 0 saturated carbocycles. The maximum Gasteiger partial charge on any atom is 0.326 e. The summed E-state index contributed by atoms with van der Waals surface area (Å²) in [6.07, 6.45) is 2.16. The van der Waals surface area contributed by atoms with Crippen LogP contribution in [0.2, 0.25) is 0 Å². The van der Waals surface area contributed by atoms with E-state index in [1.165, 1.54) is 0 Å². The van der Waals surface area contributed by atoms with E-state index in [2.05, 4.69) is 33.6 Å². The lowest BCUT2D eigenvalue weighted by atomic mass is 10.1. The van der Waals surface area contributed by atoms with Crippen molar-refractivity contribution in [1.29, 1.82) is 0 Å². The van der Waals surface area contributed by atoms with Gasteiger partial charge in [-0.1, -0.05) is 5.21 Å². The number of carboxylic acid groups (broad SMARTS) is 3. The number of carbonyl (C=O) groups excluding carboxylic acids is 1. The van der Waals surface area contributed by atoms with E-state index >= 15 is 0 Å². The number of hydrogen-bond donors (Lipinski definition) is 6. The third-order valence-corrected chi connectivity index (χ3v) is 4.23. The fraction of sp³-hybridized carbons (Fsp3) is 0.625. The summed E-state index contributed by atoms with van der Waals surface area (Å²) < 4.78 is 1.62. The normalized spacial score (nSPS) is 13.9. The van der Waals surface area contributed by atoms with Crippen LogP contribution in [-0.2, 0) is 20.9 Å². The average molecular weight is 431 g/mol. The van der Waals surface area contributed by atoms with Crippen LogP contribution in [0.15, 0.2) is 6.20 Å². The Hall–Kier alpha value is -2.83. The molecule has 1 heterocycles. The van der Waals surface area contributed by atoms with Gasteiger partial charge in [0.2, 0.25) is 0 Å². The van der Waals surface area contributed by atoms with Crippen LogP contribution >= 0.6 is 12.6 Å². The van der Waals surface area contributed by atoms with E-state index in [-0.39, 0.29) is 18.1 Å². The van der Waals surface area contributed by atoms with Crippen molar-refractivity contribution in [2.45, 2.75) is 62.9 Å². The van der Waals surface area contributed by atoms with Gasteiger partial charge >= 0.3 is 23.9 Å². The molecular weight excluding hydrogens is 406 g/mol. The third-order valence-electron chi connectivity index (χ3n) is 3.97. The highest BCUT2D eigenvalue weighted by molar-refractivity contribution is 7.80. The number of thiol groups is 1. The summed E-state index contributed by atoms with van der Waals surface area (Å²) >= 11 is 4.26. The van der Waals surface area contributed by atoms with Crippen molar-refractivity contribution in [3.8, 4) is 0 Å². The van der Waals surface area contributed by atoms with Gasteiger partial charge in [-0.2, -0.15) is 12.6 Å². The van der Waals surface area contributed by atoms with Crippen molar-refractivity contribution in [3.05, 3.63) is 11.9 Å². The van der Waals surface area contributed by atoms with E-state index in [1.807, 2.05) is 6.92 Å². The number of amides is 2. The molecule has 0 fully saturated rings. The summed E-state index contributed by atoms with van der Waals surface area (Å²) in [6.45, 7) is 2.38. The Kier molecular flexibility index (Phi) is 9.92. The van der Waals surface area contributed by atoms with Gasteiger partial charge in [-0.3, -0.25) is 9.48 Å². The fourth-order valence-corrected chi connectivity index (χ4v) is 2.50. The van der Waals surface area contributed by atoms with E-state index in [4.69, 9.17) is 10.2 Å². The summed E-state index contributed by atoms with van der Waals surface area (Å²) in [4.78, 5) is 44.9. The van der Waals surface area contributed by atoms with Crippen LogP contribution in [0.4, 0.5) is 4.79 Å². The van der Waals surface area contributed by atoms with Gasteiger partial charge in [0.15, 0.2) is 0 Å². The van der Waals surface area contributed by atoms with Crippen molar-refractivity contribution in [1.82, 2.24) is 25.6 Å². The first kappa shape index (κ1) is 24.2. The number of aliphatic carboxylic acids is 3. The monoisotopic (exact) mass is 431 g/mol. The predicted octanol–water partition coefficient (Wildman–Crippen LogP) is 0.510. The Labute approximate surface area is 172 Å². The lowest BCUT2D eigenvalue weighted by molar-refractivity contribution is -0.140. The zero-order valence-corrected chi connectivity index (χ0v) is 16.7. The van der Waals surface area contributed by atoms with Crippen LogP contribution in [0.5, 0.6) is 0 Å². The SMILES string of the molecule is CC(S)c1cn(CCCC[C@H](NC(=O)N[C@H](CCC(=O)O)C(=O)O)C(=O)O)nn1. The molecule has 1 aromatic rings. The fourth-order valence-electron chi connectivity index (χ4n) is 2.38. The molecular formula is C16H25N5O7S. The van der Waals surface area contributed by atoms with Crippen LogP contribution < -0.4 is 10.6 Å². The van der Waals surface area contributed by atoms with Gasteiger partial charge in [0, 0.05) is 24.4 Å².